The van der Waals surface area contributed by atoms with Crippen LogP contribution in [0.4, 0.5) is 10.1 Å². The van der Waals surface area contributed by atoms with Crippen LogP contribution in [0.3, 0.4) is 0 Å². The zero-order valence-corrected chi connectivity index (χ0v) is 16.7. The lowest BCUT2D eigenvalue weighted by atomic mass is 10.0. The highest BCUT2D eigenvalue weighted by Gasteiger charge is 2.49. The second-order valence-electron chi connectivity index (χ2n) is 6.85. The number of thioether (sulfide) groups is 1. The number of amides is 1. The Bertz CT molecular complexity index is 850. The van der Waals surface area contributed by atoms with Crippen molar-refractivity contribution >= 4 is 38.4 Å². The first-order valence-corrected chi connectivity index (χ1v) is 11.5. The average molecular weight is 399 g/mol. The maximum absolute atomic E-state index is 14.1. The minimum atomic E-state index is -3.14. The number of anilines is 1. The molecule has 26 heavy (non-hydrogen) atoms. The van der Waals surface area contributed by atoms with Crippen LogP contribution in [0.5, 0.6) is 0 Å². The van der Waals surface area contributed by atoms with E-state index in [1.165, 1.54) is 17.8 Å². The second kappa shape index (κ2) is 7.31. The second-order valence-corrected chi connectivity index (χ2v) is 10.2. The van der Waals surface area contributed by atoms with Crippen LogP contribution < -0.4 is 4.90 Å². The molecule has 2 aliphatic heterocycles. The SMILES string of the molecule is CCC(CC)C(=O)N=C1S[C@H]2CS(=O)(=O)C[C@H]2N1c1ccc(C)c(F)c1. The van der Waals surface area contributed by atoms with Gasteiger partial charge in [0, 0.05) is 16.9 Å². The number of carbonyl (C=O) groups is 1. The molecule has 1 aromatic rings. The molecule has 1 aromatic carbocycles. The number of halogens is 1. The van der Waals surface area contributed by atoms with Crippen molar-refractivity contribution in [2.45, 2.75) is 44.9 Å². The normalized spacial score (nSPS) is 25.9. The number of hydrogen-bond donors (Lipinski definition) is 0. The topological polar surface area (TPSA) is 66.8 Å². The molecule has 0 radical (unpaired) electrons. The average Bonchev–Trinajstić information content (AvgIpc) is 3.02. The van der Waals surface area contributed by atoms with E-state index < -0.39 is 9.84 Å². The van der Waals surface area contributed by atoms with Gasteiger partial charge in [-0.05, 0) is 37.5 Å². The van der Waals surface area contributed by atoms with Gasteiger partial charge in [-0.3, -0.25) is 4.79 Å². The molecule has 0 N–H and O–H groups in total. The molecule has 0 unspecified atom stereocenters. The van der Waals surface area contributed by atoms with Crippen molar-refractivity contribution < 1.29 is 17.6 Å². The molecular weight excluding hydrogens is 375 g/mol. The molecule has 2 atom stereocenters. The Morgan fingerprint density at radius 1 is 1.35 bits per heavy atom. The van der Waals surface area contributed by atoms with Gasteiger partial charge in [0.2, 0.25) is 0 Å². The number of fused-ring (bicyclic) bond motifs is 1. The van der Waals surface area contributed by atoms with E-state index in [-0.39, 0.29) is 40.4 Å². The molecular formula is C18H23FN2O3S2. The van der Waals surface area contributed by atoms with Crippen molar-refractivity contribution in [1.82, 2.24) is 0 Å². The minimum absolute atomic E-state index is 0.00163. The largest absolute Gasteiger partial charge is 0.315 e. The summed E-state index contributed by atoms with van der Waals surface area (Å²) in [6.45, 7) is 5.57. The summed E-state index contributed by atoms with van der Waals surface area (Å²) in [7, 11) is -3.14. The molecule has 2 saturated heterocycles. The third-order valence-corrected chi connectivity index (χ3v) is 8.25. The highest BCUT2D eigenvalue weighted by atomic mass is 32.2. The summed E-state index contributed by atoms with van der Waals surface area (Å²) < 4.78 is 38.2. The minimum Gasteiger partial charge on any atom is -0.315 e. The van der Waals surface area contributed by atoms with Gasteiger partial charge < -0.3 is 4.90 Å². The molecule has 0 spiro atoms. The lowest BCUT2D eigenvalue weighted by molar-refractivity contribution is -0.121. The van der Waals surface area contributed by atoms with Gasteiger partial charge >= 0.3 is 0 Å². The fourth-order valence-corrected chi connectivity index (χ4v) is 7.34. The van der Waals surface area contributed by atoms with Crippen LogP contribution in [0, 0.1) is 18.7 Å². The summed E-state index contributed by atoms with van der Waals surface area (Å²) >= 11 is 1.32. The molecule has 142 valence electrons. The molecule has 8 heteroatoms. The number of aryl methyl sites for hydroxylation is 1. The predicted molar refractivity (Wildman–Crippen MR) is 104 cm³/mol. The Hall–Kier alpha value is -1.41. The lowest BCUT2D eigenvalue weighted by Crippen LogP contribution is -2.38. The molecule has 3 rings (SSSR count). The van der Waals surface area contributed by atoms with Gasteiger partial charge in [0.25, 0.3) is 5.91 Å². The first-order chi connectivity index (χ1) is 12.3. The van der Waals surface area contributed by atoms with Gasteiger partial charge in [0.15, 0.2) is 15.0 Å². The van der Waals surface area contributed by atoms with Crippen molar-refractivity contribution in [2.24, 2.45) is 10.9 Å². The van der Waals surface area contributed by atoms with E-state index in [2.05, 4.69) is 4.99 Å². The fraction of sp³-hybridized carbons (Fsp3) is 0.556. The maximum atomic E-state index is 14.1. The summed E-state index contributed by atoms with van der Waals surface area (Å²) in [6, 6.07) is 4.48. The van der Waals surface area contributed by atoms with Crippen LogP contribution in [0.1, 0.15) is 32.3 Å². The number of hydrogen-bond acceptors (Lipinski definition) is 4. The molecule has 0 aromatic heterocycles. The number of nitrogens with zero attached hydrogens (tertiary/aromatic N) is 2. The number of rotatable bonds is 4. The summed E-state index contributed by atoms with van der Waals surface area (Å²) in [6.07, 6.45) is 1.41. The Balaban J connectivity index is 2.01. The molecule has 1 amide bonds. The third kappa shape index (κ3) is 3.67. The first kappa shape index (κ1) is 19.4. The smallest absolute Gasteiger partial charge is 0.251 e. The number of aliphatic imine (C=N–C) groups is 1. The Morgan fingerprint density at radius 3 is 2.65 bits per heavy atom. The monoisotopic (exact) mass is 398 g/mol. The molecule has 2 heterocycles. The summed E-state index contributed by atoms with van der Waals surface area (Å²) in [5.74, 6) is -0.645. The van der Waals surface area contributed by atoms with Gasteiger partial charge in [-0.2, -0.15) is 4.99 Å². The fourth-order valence-electron chi connectivity index (χ4n) is 3.42. The van der Waals surface area contributed by atoms with E-state index in [1.54, 1.807) is 24.0 Å². The number of sulfone groups is 1. The zero-order chi connectivity index (χ0) is 19.1. The molecule has 5 nitrogen and oxygen atoms in total. The Kier molecular flexibility index (Phi) is 5.44. The lowest BCUT2D eigenvalue weighted by Gasteiger charge is -2.25. The van der Waals surface area contributed by atoms with Crippen LogP contribution >= 0.6 is 11.8 Å². The van der Waals surface area contributed by atoms with Crippen molar-refractivity contribution in [3.8, 4) is 0 Å². The number of carbonyl (C=O) groups excluding carboxylic acids is 1. The highest BCUT2D eigenvalue weighted by molar-refractivity contribution is 8.16. The molecule has 0 saturated carbocycles. The van der Waals surface area contributed by atoms with Gasteiger partial charge in [-0.1, -0.05) is 31.7 Å². The predicted octanol–water partition coefficient (Wildman–Crippen LogP) is 3.17. The van der Waals surface area contributed by atoms with Crippen LogP contribution in [0.2, 0.25) is 0 Å². The van der Waals surface area contributed by atoms with Crippen LogP contribution in [-0.4, -0.2) is 42.3 Å². The molecule has 2 aliphatic rings. The van der Waals surface area contributed by atoms with Crippen LogP contribution in [0.25, 0.3) is 0 Å². The summed E-state index contributed by atoms with van der Waals surface area (Å²) in [4.78, 5) is 18.5. The molecule has 0 aliphatic carbocycles. The van der Waals surface area contributed by atoms with Crippen molar-refractivity contribution in [3.05, 3.63) is 29.6 Å². The van der Waals surface area contributed by atoms with Gasteiger partial charge in [-0.15, -0.1) is 0 Å². The van der Waals surface area contributed by atoms with E-state index in [0.717, 1.165) is 0 Å². The number of benzene rings is 1. The van der Waals surface area contributed by atoms with Crippen LogP contribution in [-0.2, 0) is 14.6 Å². The van der Waals surface area contributed by atoms with E-state index in [0.29, 0.717) is 29.3 Å². The first-order valence-electron chi connectivity index (χ1n) is 8.80. The quantitative estimate of drug-likeness (QED) is 0.779. The van der Waals surface area contributed by atoms with E-state index in [9.17, 15) is 17.6 Å². The Labute approximate surface area is 158 Å². The van der Waals surface area contributed by atoms with Crippen LogP contribution in [0.15, 0.2) is 23.2 Å². The zero-order valence-electron chi connectivity index (χ0n) is 15.1. The molecule has 2 fully saturated rings. The van der Waals surface area contributed by atoms with Gasteiger partial charge in [0.05, 0.1) is 17.5 Å². The maximum Gasteiger partial charge on any atom is 0.251 e. The summed E-state index contributed by atoms with van der Waals surface area (Å²) in [5.41, 5.74) is 1.06. The van der Waals surface area contributed by atoms with Gasteiger partial charge in [-0.25, -0.2) is 12.8 Å². The van der Waals surface area contributed by atoms with Gasteiger partial charge in [0.1, 0.15) is 5.82 Å². The summed E-state index contributed by atoms with van der Waals surface area (Å²) in [5, 5.41) is 0.299. The van der Waals surface area contributed by atoms with E-state index in [1.807, 2.05) is 13.8 Å². The number of amidine groups is 1. The van der Waals surface area contributed by atoms with E-state index in [4.69, 9.17) is 0 Å². The molecule has 0 bridgehead atoms. The van der Waals surface area contributed by atoms with Crippen molar-refractivity contribution in [3.63, 3.8) is 0 Å². The highest BCUT2D eigenvalue weighted by Crippen LogP contribution is 2.41. The van der Waals surface area contributed by atoms with E-state index >= 15 is 0 Å². The standard InChI is InChI=1S/C18H23FN2O3S2/c1-4-12(5-2)17(22)20-18-21(13-7-6-11(3)14(19)8-13)15-9-26(23,24)10-16(15)25-18/h6-8,12,15-16H,4-5,9-10H2,1-3H3/t15-,16+/m1/s1. The Morgan fingerprint density at radius 2 is 2.04 bits per heavy atom. The third-order valence-electron chi connectivity index (χ3n) is 5.04. The van der Waals surface area contributed by atoms with Crippen molar-refractivity contribution in [1.29, 1.82) is 0 Å². The van der Waals surface area contributed by atoms with Crippen molar-refractivity contribution in [2.75, 3.05) is 16.4 Å².